The molecular formula is C14H17F2NO. The SMILES string of the molecule is C[C@@H]1CCCC[C@@H]1NC(=O)c1cc(F)cc(F)c1. The van der Waals surface area contributed by atoms with Crippen LogP contribution >= 0.6 is 0 Å². The van der Waals surface area contributed by atoms with Crippen molar-refractivity contribution in [1.29, 1.82) is 0 Å². The van der Waals surface area contributed by atoms with Gasteiger partial charge in [-0.15, -0.1) is 0 Å². The molecule has 0 aliphatic heterocycles. The van der Waals surface area contributed by atoms with Crippen LogP contribution in [0.5, 0.6) is 0 Å². The van der Waals surface area contributed by atoms with Gasteiger partial charge in [-0.3, -0.25) is 4.79 Å². The van der Waals surface area contributed by atoms with Crippen LogP contribution in [-0.4, -0.2) is 11.9 Å². The van der Waals surface area contributed by atoms with E-state index < -0.39 is 17.5 Å². The van der Waals surface area contributed by atoms with Crippen molar-refractivity contribution in [2.24, 2.45) is 5.92 Å². The molecule has 0 radical (unpaired) electrons. The maximum atomic E-state index is 13.0. The second kappa shape index (κ2) is 5.46. The van der Waals surface area contributed by atoms with Gasteiger partial charge in [-0.2, -0.15) is 0 Å². The Kier molecular flexibility index (Phi) is 3.94. The standard InChI is InChI=1S/C14H17F2NO/c1-9-4-2-3-5-13(9)17-14(18)10-6-11(15)8-12(16)7-10/h6-9,13H,2-5H2,1H3,(H,17,18)/t9-,13+/m1/s1. The molecule has 1 aromatic carbocycles. The van der Waals surface area contributed by atoms with E-state index in [1.165, 1.54) is 6.42 Å². The third-order valence-corrected chi connectivity index (χ3v) is 3.55. The van der Waals surface area contributed by atoms with E-state index >= 15 is 0 Å². The lowest BCUT2D eigenvalue weighted by Crippen LogP contribution is -2.41. The molecule has 1 fully saturated rings. The van der Waals surface area contributed by atoms with E-state index in [9.17, 15) is 13.6 Å². The largest absolute Gasteiger partial charge is 0.349 e. The van der Waals surface area contributed by atoms with Crippen molar-refractivity contribution in [3.63, 3.8) is 0 Å². The first-order valence-electron chi connectivity index (χ1n) is 6.33. The molecule has 0 bridgehead atoms. The summed E-state index contributed by atoms with van der Waals surface area (Å²) in [6, 6.07) is 3.00. The van der Waals surface area contributed by atoms with Gasteiger partial charge < -0.3 is 5.32 Å². The van der Waals surface area contributed by atoms with Gasteiger partial charge in [0, 0.05) is 17.7 Å². The van der Waals surface area contributed by atoms with E-state index in [2.05, 4.69) is 12.2 Å². The Hall–Kier alpha value is -1.45. The number of nitrogens with one attached hydrogen (secondary N) is 1. The molecule has 0 spiro atoms. The van der Waals surface area contributed by atoms with Crippen molar-refractivity contribution >= 4 is 5.91 Å². The first-order chi connectivity index (χ1) is 8.56. The van der Waals surface area contributed by atoms with Crippen LogP contribution < -0.4 is 5.32 Å². The maximum absolute atomic E-state index is 13.0. The number of carbonyl (C=O) groups is 1. The number of rotatable bonds is 2. The summed E-state index contributed by atoms with van der Waals surface area (Å²) in [5, 5.41) is 2.87. The Morgan fingerprint density at radius 2 is 1.78 bits per heavy atom. The molecule has 18 heavy (non-hydrogen) atoms. The number of hydrogen-bond donors (Lipinski definition) is 1. The van der Waals surface area contributed by atoms with Crippen LogP contribution in [0.25, 0.3) is 0 Å². The molecule has 1 N–H and O–H groups in total. The highest BCUT2D eigenvalue weighted by Gasteiger charge is 2.23. The van der Waals surface area contributed by atoms with Crippen molar-refractivity contribution in [2.75, 3.05) is 0 Å². The van der Waals surface area contributed by atoms with Gasteiger partial charge in [-0.05, 0) is 30.9 Å². The van der Waals surface area contributed by atoms with Crippen molar-refractivity contribution in [2.45, 2.75) is 38.6 Å². The summed E-state index contributed by atoms with van der Waals surface area (Å²) in [6.07, 6.45) is 4.29. The third-order valence-electron chi connectivity index (χ3n) is 3.55. The normalized spacial score (nSPS) is 23.7. The summed E-state index contributed by atoms with van der Waals surface area (Å²) in [7, 11) is 0. The summed E-state index contributed by atoms with van der Waals surface area (Å²) in [4.78, 5) is 11.9. The minimum absolute atomic E-state index is 0.0465. The molecule has 1 aromatic rings. The van der Waals surface area contributed by atoms with E-state index in [1.54, 1.807) is 0 Å². The number of benzene rings is 1. The maximum Gasteiger partial charge on any atom is 0.251 e. The molecule has 0 aromatic heterocycles. The molecule has 2 rings (SSSR count). The summed E-state index contributed by atoms with van der Waals surface area (Å²) in [5.74, 6) is -1.43. The lowest BCUT2D eigenvalue weighted by atomic mass is 9.86. The Morgan fingerprint density at radius 1 is 1.17 bits per heavy atom. The van der Waals surface area contributed by atoms with Gasteiger partial charge in [0.15, 0.2) is 0 Å². The zero-order valence-corrected chi connectivity index (χ0v) is 10.4. The second-order valence-electron chi connectivity index (χ2n) is 5.00. The zero-order valence-electron chi connectivity index (χ0n) is 10.4. The van der Waals surface area contributed by atoms with Crippen LogP contribution in [0.4, 0.5) is 8.78 Å². The first kappa shape index (κ1) is 13.0. The molecule has 4 heteroatoms. The highest BCUT2D eigenvalue weighted by Crippen LogP contribution is 2.24. The number of hydrogen-bond acceptors (Lipinski definition) is 1. The van der Waals surface area contributed by atoms with Gasteiger partial charge in [-0.25, -0.2) is 8.78 Å². The zero-order chi connectivity index (χ0) is 13.1. The van der Waals surface area contributed by atoms with Crippen molar-refractivity contribution in [1.82, 2.24) is 5.32 Å². The fourth-order valence-corrected chi connectivity index (χ4v) is 2.47. The Bertz CT molecular complexity index is 427. The minimum atomic E-state index is -0.725. The molecule has 2 atom stereocenters. The van der Waals surface area contributed by atoms with Gasteiger partial charge in [0.25, 0.3) is 5.91 Å². The van der Waals surface area contributed by atoms with E-state index in [-0.39, 0.29) is 11.6 Å². The lowest BCUT2D eigenvalue weighted by molar-refractivity contribution is 0.0909. The van der Waals surface area contributed by atoms with Crippen LogP contribution in [0.3, 0.4) is 0 Å². The molecule has 1 amide bonds. The van der Waals surface area contributed by atoms with E-state index in [4.69, 9.17) is 0 Å². The molecule has 1 saturated carbocycles. The number of amides is 1. The molecule has 0 unspecified atom stereocenters. The fraction of sp³-hybridized carbons (Fsp3) is 0.500. The third kappa shape index (κ3) is 3.06. The molecule has 98 valence electrons. The molecule has 1 aliphatic carbocycles. The van der Waals surface area contributed by atoms with Crippen LogP contribution in [-0.2, 0) is 0 Å². The quantitative estimate of drug-likeness (QED) is 0.861. The first-order valence-corrected chi connectivity index (χ1v) is 6.33. The van der Waals surface area contributed by atoms with Crippen molar-refractivity contribution in [3.8, 4) is 0 Å². The van der Waals surface area contributed by atoms with Crippen LogP contribution in [0.2, 0.25) is 0 Å². The van der Waals surface area contributed by atoms with Crippen LogP contribution in [0, 0.1) is 17.6 Å². The van der Waals surface area contributed by atoms with Gasteiger partial charge in [0.2, 0.25) is 0 Å². The number of carbonyl (C=O) groups excluding carboxylic acids is 1. The lowest BCUT2D eigenvalue weighted by Gasteiger charge is -2.29. The van der Waals surface area contributed by atoms with Crippen molar-refractivity contribution in [3.05, 3.63) is 35.4 Å². The van der Waals surface area contributed by atoms with E-state index in [1.807, 2.05) is 0 Å². The highest BCUT2D eigenvalue weighted by molar-refractivity contribution is 5.94. The highest BCUT2D eigenvalue weighted by atomic mass is 19.1. The predicted molar refractivity (Wildman–Crippen MR) is 65.2 cm³/mol. The Labute approximate surface area is 105 Å². The van der Waals surface area contributed by atoms with Gasteiger partial charge in [0.1, 0.15) is 11.6 Å². The summed E-state index contributed by atoms with van der Waals surface area (Å²) < 4.78 is 26.0. The minimum Gasteiger partial charge on any atom is -0.349 e. The Balaban J connectivity index is 2.06. The number of halogens is 2. The van der Waals surface area contributed by atoms with Crippen LogP contribution in [0.15, 0.2) is 18.2 Å². The van der Waals surface area contributed by atoms with E-state index in [0.717, 1.165) is 37.5 Å². The molecule has 0 heterocycles. The monoisotopic (exact) mass is 253 g/mol. The van der Waals surface area contributed by atoms with Crippen molar-refractivity contribution < 1.29 is 13.6 Å². The van der Waals surface area contributed by atoms with Gasteiger partial charge in [-0.1, -0.05) is 19.8 Å². The second-order valence-corrected chi connectivity index (χ2v) is 5.00. The van der Waals surface area contributed by atoms with Gasteiger partial charge >= 0.3 is 0 Å². The molecular weight excluding hydrogens is 236 g/mol. The van der Waals surface area contributed by atoms with E-state index in [0.29, 0.717) is 5.92 Å². The Morgan fingerprint density at radius 3 is 2.39 bits per heavy atom. The topological polar surface area (TPSA) is 29.1 Å². The molecule has 2 nitrogen and oxygen atoms in total. The smallest absolute Gasteiger partial charge is 0.251 e. The summed E-state index contributed by atoms with van der Waals surface area (Å²) in [6.45, 7) is 2.09. The van der Waals surface area contributed by atoms with Crippen LogP contribution in [0.1, 0.15) is 43.0 Å². The average molecular weight is 253 g/mol. The molecule has 0 saturated heterocycles. The average Bonchev–Trinajstić information content (AvgIpc) is 2.31. The molecule has 1 aliphatic rings. The summed E-state index contributed by atoms with van der Waals surface area (Å²) in [5.41, 5.74) is 0.0465. The van der Waals surface area contributed by atoms with Gasteiger partial charge in [0.05, 0.1) is 0 Å². The predicted octanol–water partition coefficient (Wildman–Crippen LogP) is 3.27. The summed E-state index contributed by atoms with van der Waals surface area (Å²) >= 11 is 0. The fourth-order valence-electron chi connectivity index (χ4n) is 2.47.